The lowest BCUT2D eigenvalue weighted by Gasteiger charge is -2.63. The monoisotopic (exact) mass is 742 g/mol. The average molecular weight is 743 g/mol. The molecular formula is C38H40ClFN8O5. The van der Waals surface area contributed by atoms with Crippen LogP contribution in [0.5, 0.6) is 5.75 Å². The van der Waals surface area contributed by atoms with Gasteiger partial charge in [0.25, 0.3) is 11.8 Å². The molecule has 0 spiro atoms. The topological polar surface area (TPSA) is 161 Å². The van der Waals surface area contributed by atoms with E-state index in [4.69, 9.17) is 16.3 Å². The molecule has 15 heteroatoms. The minimum absolute atomic E-state index is 0.0114. The van der Waals surface area contributed by atoms with Crippen molar-refractivity contribution in [2.45, 2.75) is 71.8 Å². The van der Waals surface area contributed by atoms with E-state index in [1.807, 2.05) is 39.8 Å². The Hall–Kier alpha value is -5.13. The third kappa shape index (κ3) is 6.68. The molecule has 0 radical (unpaired) electrons. The molecule has 2 aromatic carbocycles. The normalized spacial score (nSPS) is 23.5. The van der Waals surface area contributed by atoms with Crippen molar-refractivity contribution < 1.29 is 28.3 Å². The molecule has 1 aliphatic carbocycles. The average Bonchev–Trinajstić information content (AvgIpc) is 3.45. The van der Waals surface area contributed by atoms with Gasteiger partial charge in [0, 0.05) is 68.6 Å². The number of piperidine rings is 1. The molecule has 276 valence electrons. The lowest BCUT2D eigenvalue weighted by atomic mass is 9.49. The van der Waals surface area contributed by atoms with Crippen molar-refractivity contribution in [3.05, 3.63) is 81.3 Å². The number of halogens is 2. The molecule has 1 aromatic heterocycles. The second-order valence-electron chi connectivity index (χ2n) is 15.4. The van der Waals surface area contributed by atoms with E-state index in [9.17, 15) is 24.4 Å². The number of nitriles is 1. The Morgan fingerprint density at radius 2 is 1.79 bits per heavy atom. The molecule has 4 amide bonds. The highest BCUT2D eigenvalue weighted by atomic mass is 35.5. The number of nitrogens with zero attached hydrogens (tertiary/aromatic N) is 6. The Balaban J connectivity index is 0.920. The summed E-state index contributed by atoms with van der Waals surface area (Å²) in [6.07, 6.45) is 0.115. The largest absolute Gasteiger partial charge is 0.489 e. The molecule has 13 nitrogen and oxygen atoms in total. The van der Waals surface area contributed by atoms with Gasteiger partial charge in [0.05, 0.1) is 16.1 Å². The summed E-state index contributed by atoms with van der Waals surface area (Å²) in [6.45, 7) is 11.4. The smallest absolute Gasteiger partial charge is 0.272 e. The van der Waals surface area contributed by atoms with Crippen LogP contribution in [0.25, 0.3) is 0 Å². The first-order valence-corrected chi connectivity index (χ1v) is 18.0. The summed E-state index contributed by atoms with van der Waals surface area (Å²) in [5.74, 6) is -1.16. The fourth-order valence-corrected chi connectivity index (χ4v) is 8.83. The SMILES string of the molecule is CC1(C)[C@H](NC(=O)c2ccc(N3CCN(Cc4cc(F)c5c(c4)CN(C4CCC(=O)NC4=O)C5=O)CC3)nn2)C(C)(C)[C@H]1Oc1ccc(C#N)c(Cl)c1. The number of carbonyl (C=O) groups is 4. The van der Waals surface area contributed by atoms with Crippen molar-refractivity contribution in [3.63, 3.8) is 0 Å². The van der Waals surface area contributed by atoms with Crippen LogP contribution in [0.1, 0.15) is 78.1 Å². The zero-order chi connectivity index (χ0) is 37.8. The van der Waals surface area contributed by atoms with E-state index in [2.05, 4.69) is 30.6 Å². The molecule has 2 saturated heterocycles. The second-order valence-corrected chi connectivity index (χ2v) is 15.8. The first-order chi connectivity index (χ1) is 25.2. The number of ether oxygens (including phenoxy) is 1. The Morgan fingerprint density at radius 3 is 2.43 bits per heavy atom. The Kier molecular flexibility index (Phi) is 9.36. The number of amides is 4. The quantitative estimate of drug-likeness (QED) is 0.325. The first kappa shape index (κ1) is 36.2. The van der Waals surface area contributed by atoms with Crippen LogP contribution in [0, 0.1) is 28.0 Å². The lowest BCUT2D eigenvalue weighted by Crippen LogP contribution is -2.74. The molecule has 4 aliphatic rings. The zero-order valence-corrected chi connectivity index (χ0v) is 30.7. The van der Waals surface area contributed by atoms with Gasteiger partial charge >= 0.3 is 0 Å². The minimum atomic E-state index is -0.798. The Bertz CT molecular complexity index is 2030. The van der Waals surface area contributed by atoms with Crippen LogP contribution in [0.3, 0.4) is 0 Å². The number of carbonyl (C=O) groups excluding carboxylic acids is 4. The number of anilines is 1. The number of nitrogens with one attached hydrogen (secondary N) is 2. The van der Waals surface area contributed by atoms with Gasteiger partial charge in [-0.3, -0.25) is 29.4 Å². The van der Waals surface area contributed by atoms with E-state index in [0.29, 0.717) is 60.4 Å². The van der Waals surface area contributed by atoms with Crippen molar-refractivity contribution in [3.8, 4) is 11.8 Å². The van der Waals surface area contributed by atoms with E-state index in [-0.39, 0.29) is 54.6 Å². The molecule has 7 rings (SSSR count). The molecule has 3 aromatic rings. The van der Waals surface area contributed by atoms with E-state index in [1.54, 1.807) is 30.3 Å². The molecule has 0 bridgehead atoms. The van der Waals surface area contributed by atoms with Gasteiger partial charge in [0.2, 0.25) is 11.8 Å². The van der Waals surface area contributed by atoms with Crippen LogP contribution in [-0.2, 0) is 22.7 Å². The number of aromatic nitrogens is 2. The summed E-state index contributed by atoms with van der Waals surface area (Å²) >= 11 is 6.22. The lowest BCUT2D eigenvalue weighted by molar-refractivity contribution is -0.164. The number of rotatable bonds is 8. The van der Waals surface area contributed by atoms with Crippen molar-refractivity contribution in [1.82, 2.24) is 30.6 Å². The van der Waals surface area contributed by atoms with Gasteiger partial charge in [-0.25, -0.2) is 4.39 Å². The predicted octanol–water partition coefficient (Wildman–Crippen LogP) is 3.84. The fraction of sp³-hybridized carbons (Fsp3) is 0.447. The van der Waals surface area contributed by atoms with Crippen LogP contribution < -0.4 is 20.3 Å². The summed E-state index contributed by atoms with van der Waals surface area (Å²) in [6, 6.07) is 12.7. The van der Waals surface area contributed by atoms with Gasteiger partial charge < -0.3 is 19.9 Å². The highest BCUT2D eigenvalue weighted by Crippen LogP contribution is 2.55. The first-order valence-electron chi connectivity index (χ1n) is 17.6. The predicted molar refractivity (Wildman–Crippen MR) is 191 cm³/mol. The van der Waals surface area contributed by atoms with Crippen molar-refractivity contribution >= 4 is 41.0 Å². The van der Waals surface area contributed by atoms with Crippen molar-refractivity contribution in [2.24, 2.45) is 10.8 Å². The third-order valence-corrected chi connectivity index (χ3v) is 11.4. The summed E-state index contributed by atoms with van der Waals surface area (Å²) in [7, 11) is 0. The van der Waals surface area contributed by atoms with Crippen LogP contribution in [0.4, 0.5) is 10.2 Å². The number of hydrogen-bond acceptors (Lipinski definition) is 10. The molecular weight excluding hydrogens is 703 g/mol. The van der Waals surface area contributed by atoms with Gasteiger partial charge in [-0.1, -0.05) is 45.4 Å². The van der Waals surface area contributed by atoms with Crippen LogP contribution >= 0.6 is 11.6 Å². The van der Waals surface area contributed by atoms with E-state index in [1.165, 1.54) is 11.0 Å². The summed E-state index contributed by atoms with van der Waals surface area (Å²) < 4.78 is 21.6. The maximum absolute atomic E-state index is 15.2. The van der Waals surface area contributed by atoms with Gasteiger partial charge in [-0.15, -0.1) is 10.2 Å². The molecule has 1 saturated carbocycles. The number of piperazine rings is 1. The molecule has 4 heterocycles. The van der Waals surface area contributed by atoms with Gasteiger partial charge in [0.15, 0.2) is 11.5 Å². The van der Waals surface area contributed by atoms with Crippen molar-refractivity contribution in [1.29, 1.82) is 5.26 Å². The highest BCUT2D eigenvalue weighted by molar-refractivity contribution is 6.31. The van der Waals surface area contributed by atoms with E-state index >= 15 is 4.39 Å². The summed E-state index contributed by atoms with van der Waals surface area (Å²) in [4.78, 5) is 56.0. The maximum Gasteiger partial charge on any atom is 0.272 e. The second kappa shape index (κ2) is 13.7. The Morgan fingerprint density at radius 1 is 1.06 bits per heavy atom. The molecule has 1 unspecified atom stereocenters. The molecule has 1 atom stereocenters. The number of hydrogen-bond donors (Lipinski definition) is 2. The van der Waals surface area contributed by atoms with Gasteiger partial charge in [-0.2, -0.15) is 5.26 Å². The standard InChI is InChI=1S/C38H40ClFN8O5/c1-37(2)35(38(3,4)36(37)53-24-6-5-22(18-41)25(39)17-24)43-32(50)27-7-9-29(45-44-27)47-13-11-46(12-14-47)19-21-15-23-20-48(34(52)31(23)26(40)16-21)28-8-10-30(49)42-33(28)51/h5-7,9,15-17,28,35-36H,8,10-14,19-20H2,1-4H3,(H,43,50)(H,42,49,51)/t28?,35-,36-. The van der Waals surface area contributed by atoms with E-state index in [0.717, 1.165) is 5.56 Å². The van der Waals surface area contributed by atoms with Crippen LogP contribution in [-0.4, -0.2) is 88.0 Å². The third-order valence-electron chi connectivity index (χ3n) is 11.0. The molecule has 2 N–H and O–H groups in total. The van der Waals surface area contributed by atoms with Crippen LogP contribution in [0.15, 0.2) is 42.5 Å². The van der Waals surface area contributed by atoms with Crippen molar-refractivity contribution in [2.75, 3.05) is 31.1 Å². The molecule has 3 aliphatic heterocycles. The molecule has 3 fully saturated rings. The fourth-order valence-electron chi connectivity index (χ4n) is 8.62. The minimum Gasteiger partial charge on any atom is -0.489 e. The van der Waals surface area contributed by atoms with E-state index < -0.39 is 34.5 Å². The van der Waals surface area contributed by atoms with Gasteiger partial charge in [0.1, 0.15) is 29.8 Å². The highest BCUT2D eigenvalue weighted by Gasteiger charge is 2.64. The zero-order valence-electron chi connectivity index (χ0n) is 29.9. The molecule has 53 heavy (non-hydrogen) atoms. The maximum atomic E-state index is 15.2. The number of imide groups is 1. The Labute approximate surface area is 311 Å². The number of benzene rings is 2. The summed E-state index contributed by atoms with van der Waals surface area (Å²) in [5, 5.41) is 23.5. The summed E-state index contributed by atoms with van der Waals surface area (Å²) in [5.41, 5.74) is 0.991. The van der Waals surface area contributed by atoms with Gasteiger partial charge in [-0.05, 0) is 47.9 Å². The number of fused-ring (bicyclic) bond motifs is 1. The van der Waals surface area contributed by atoms with Crippen LogP contribution in [0.2, 0.25) is 5.02 Å².